The van der Waals surface area contributed by atoms with Gasteiger partial charge >= 0.3 is 5.97 Å². The van der Waals surface area contributed by atoms with Crippen molar-refractivity contribution in [3.8, 4) is 0 Å². The second-order valence-corrected chi connectivity index (χ2v) is 4.53. The van der Waals surface area contributed by atoms with Crippen molar-refractivity contribution in [2.45, 2.75) is 25.0 Å². The summed E-state index contributed by atoms with van der Waals surface area (Å²) in [6.07, 6.45) is 0.674. The molecular formula is C13H16FNO3. The van der Waals surface area contributed by atoms with Gasteiger partial charge in [0.05, 0.1) is 6.10 Å². The van der Waals surface area contributed by atoms with Gasteiger partial charge in [-0.25, -0.2) is 4.39 Å². The molecule has 0 spiro atoms. The molecule has 1 heterocycles. The molecular weight excluding hydrogens is 237 g/mol. The molecule has 1 aromatic carbocycles. The fraction of sp³-hybridized carbons (Fsp3) is 0.462. The summed E-state index contributed by atoms with van der Waals surface area (Å²) in [6.45, 7) is 0.929. The molecule has 0 amide bonds. The number of aliphatic carboxylic acids is 1. The molecule has 1 aromatic rings. The van der Waals surface area contributed by atoms with E-state index in [1.165, 1.54) is 18.2 Å². The molecule has 0 saturated carbocycles. The topological polar surface area (TPSA) is 60.8 Å². The van der Waals surface area contributed by atoms with E-state index in [0.29, 0.717) is 25.9 Å². The third-order valence-electron chi connectivity index (χ3n) is 3.30. The minimum atomic E-state index is -1.06. The number of benzene rings is 1. The van der Waals surface area contributed by atoms with Crippen LogP contribution in [0, 0.1) is 5.82 Å². The molecule has 1 saturated heterocycles. The molecule has 2 rings (SSSR count). The Kier molecular flexibility index (Phi) is 3.93. The first-order chi connectivity index (χ1) is 8.59. The minimum Gasteiger partial charge on any atom is -0.480 e. The number of carboxylic acid groups (broad SMARTS) is 1. The molecule has 0 bridgehead atoms. The maximum Gasteiger partial charge on any atom is 0.325 e. The summed E-state index contributed by atoms with van der Waals surface area (Å²) in [4.78, 5) is 13.1. The summed E-state index contributed by atoms with van der Waals surface area (Å²) < 4.78 is 13.7. The van der Waals surface area contributed by atoms with E-state index < -0.39 is 17.8 Å². The van der Waals surface area contributed by atoms with Gasteiger partial charge in [-0.2, -0.15) is 0 Å². The van der Waals surface area contributed by atoms with Crippen LogP contribution in [0.4, 0.5) is 4.39 Å². The van der Waals surface area contributed by atoms with E-state index >= 15 is 0 Å². The van der Waals surface area contributed by atoms with Gasteiger partial charge in [0.15, 0.2) is 0 Å². The van der Waals surface area contributed by atoms with Crippen molar-refractivity contribution >= 4 is 5.97 Å². The Morgan fingerprint density at radius 3 is 2.50 bits per heavy atom. The van der Waals surface area contributed by atoms with Crippen LogP contribution in [0.5, 0.6) is 0 Å². The van der Waals surface area contributed by atoms with E-state index in [-0.39, 0.29) is 11.7 Å². The molecule has 98 valence electrons. The number of hydrogen-bond donors (Lipinski definition) is 2. The van der Waals surface area contributed by atoms with Gasteiger partial charge in [0.25, 0.3) is 0 Å². The summed E-state index contributed by atoms with van der Waals surface area (Å²) in [5, 5.41) is 18.7. The largest absolute Gasteiger partial charge is 0.480 e. The van der Waals surface area contributed by atoms with Crippen LogP contribution >= 0.6 is 0 Å². The lowest BCUT2D eigenvalue weighted by atomic mass is 10.0. The smallest absolute Gasteiger partial charge is 0.325 e. The number of rotatable bonds is 3. The maximum atomic E-state index is 13.7. The van der Waals surface area contributed by atoms with Crippen LogP contribution < -0.4 is 0 Å². The number of halogens is 1. The van der Waals surface area contributed by atoms with Crippen LogP contribution in [0.3, 0.4) is 0 Å². The predicted octanol–water partition coefficient (Wildman–Crippen LogP) is 1.41. The van der Waals surface area contributed by atoms with Crippen molar-refractivity contribution < 1.29 is 19.4 Å². The number of nitrogens with zero attached hydrogens (tertiary/aromatic N) is 1. The Bertz CT molecular complexity index is 430. The molecule has 18 heavy (non-hydrogen) atoms. The summed E-state index contributed by atoms with van der Waals surface area (Å²) in [7, 11) is 0. The van der Waals surface area contributed by atoms with Crippen molar-refractivity contribution in [1.29, 1.82) is 0 Å². The molecule has 2 N–H and O–H groups in total. The number of carbonyl (C=O) groups is 1. The van der Waals surface area contributed by atoms with Gasteiger partial charge in [-0.15, -0.1) is 0 Å². The molecule has 1 unspecified atom stereocenters. The Morgan fingerprint density at radius 2 is 1.94 bits per heavy atom. The van der Waals surface area contributed by atoms with Gasteiger partial charge in [-0.3, -0.25) is 9.69 Å². The first-order valence-corrected chi connectivity index (χ1v) is 5.99. The SMILES string of the molecule is O=C(O)C(c1ccccc1F)N1CCC(O)CC1. The fourth-order valence-electron chi connectivity index (χ4n) is 2.33. The van der Waals surface area contributed by atoms with Crippen LogP contribution in [0.2, 0.25) is 0 Å². The minimum absolute atomic E-state index is 0.182. The average molecular weight is 253 g/mol. The van der Waals surface area contributed by atoms with Crippen molar-refractivity contribution in [1.82, 2.24) is 4.90 Å². The lowest BCUT2D eigenvalue weighted by Crippen LogP contribution is -2.41. The first-order valence-electron chi connectivity index (χ1n) is 5.99. The maximum absolute atomic E-state index is 13.7. The summed E-state index contributed by atoms with van der Waals surface area (Å²) in [5.41, 5.74) is 0.182. The molecule has 4 nitrogen and oxygen atoms in total. The summed E-state index contributed by atoms with van der Waals surface area (Å²) in [5.74, 6) is -1.56. The second kappa shape index (κ2) is 5.46. The molecule has 1 atom stereocenters. The van der Waals surface area contributed by atoms with Crippen molar-refractivity contribution in [3.63, 3.8) is 0 Å². The van der Waals surface area contributed by atoms with Crippen molar-refractivity contribution in [3.05, 3.63) is 35.6 Å². The number of hydrogen-bond acceptors (Lipinski definition) is 3. The monoisotopic (exact) mass is 253 g/mol. The highest BCUT2D eigenvalue weighted by atomic mass is 19.1. The van der Waals surface area contributed by atoms with Gasteiger partial charge in [0, 0.05) is 18.7 Å². The first kappa shape index (κ1) is 13.0. The van der Waals surface area contributed by atoms with Crippen LogP contribution in [0.1, 0.15) is 24.4 Å². The van der Waals surface area contributed by atoms with E-state index in [1.807, 2.05) is 0 Å². The number of piperidine rings is 1. The van der Waals surface area contributed by atoms with Gasteiger partial charge in [0.1, 0.15) is 11.9 Å². The third-order valence-corrected chi connectivity index (χ3v) is 3.30. The van der Waals surface area contributed by atoms with Gasteiger partial charge in [-0.05, 0) is 18.9 Å². The molecule has 0 radical (unpaired) electrons. The zero-order valence-corrected chi connectivity index (χ0v) is 9.92. The predicted molar refractivity (Wildman–Crippen MR) is 63.6 cm³/mol. The van der Waals surface area contributed by atoms with Crippen LogP contribution in [-0.2, 0) is 4.79 Å². The standard InChI is InChI=1S/C13H16FNO3/c14-11-4-2-1-3-10(11)12(13(17)18)15-7-5-9(16)6-8-15/h1-4,9,12,16H,5-8H2,(H,17,18). The van der Waals surface area contributed by atoms with E-state index in [2.05, 4.69) is 0 Å². The highest BCUT2D eigenvalue weighted by molar-refractivity contribution is 5.75. The van der Waals surface area contributed by atoms with Gasteiger partial charge < -0.3 is 10.2 Å². The zero-order chi connectivity index (χ0) is 13.1. The van der Waals surface area contributed by atoms with Crippen LogP contribution in [0.15, 0.2) is 24.3 Å². The average Bonchev–Trinajstić information content (AvgIpc) is 2.34. The lowest BCUT2D eigenvalue weighted by molar-refractivity contribution is -0.144. The van der Waals surface area contributed by atoms with Crippen molar-refractivity contribution in [2.75, 3.05) is 13.1 Å². The number of aliphatic hydroxyl groups excluding tert-OH is 1. The lowest BCUT2D eigenvalue weighted by Gasteiger charge is -2.34. The molecule has 0 aromatic heterocycles. The Balaban J connectivity index is 2.24. The summed E-state index contributed by atoms with van der Waals surface area (Å²) >= 11 is 0. The molecule has 1 aliphatic rings. The molecule has 1 fully saturated rings. The van der Waals surface area contributed by atoms with Crippen LogP contribution in [0.25, 0.3) is 0 Å². The number of aliphatic hydroxyl groups is 1. The molecule has 5 heteroatoms. The Hall–Kier alpha value is -1.46. The van der Waals surface area contributed by atoms with Gasteiger partial charge in [0.2, 0.25) is 0 Å². The third kappa shape index (κ3) is 2.68. The highest BCUT2D eigenvalue weighted by Gasteiger charge is 2.32. The quantitative estimate of drug-likeness (QED) is 0.855. The zero-order valence-electron chi connectivity index (χ0n) is 9.92. The van der Waals surface area contributed by atoms with Gasteiger partial charge in [-0.1, -0.05) is 18.2 Å². The van der Waals surface area contributed by atoms with E-state index in [0.717, 1.165) is 0 Å². The van der Waals surface area contributed by atoms with Crippen molar-refractivity contribution in [2.24, 2.45) is 0 Å². The summed E-state index contributed by atoms with van der Waals surface area (Å²) in [6, 6.07) is 4.97. The highest BCUT2D eigenvalue weighted by Crippen LogP contribution is 2.26. The number of carboxylic acids is 1. The Labute approximate surface area is 105 Å². The second-order valence-electron chi connectivity index (χ2n) is 4.53. The van der Waals surface area contributed by atoms with E-state index in [1.54, 1.807) is 11.0 Å². The molecule has 0 aliphatic carbocycles. The normalized spacial score (nSPS) is 19.7. The van der Waals surface area contributed by atoms with E-state index in [4.69, 9.17) is 0 Å². The molecule has 1 aliphatic heterocycles. The van der Waals surface area contributed by atoms with Crippen LogP contribution in [-0.4, -0.2) is 40.3 Å². The van der Waals surface area contributed by atoms with E-state index in [9.17, 15) is 19.4 Å². The fourth-order valence-corrected chi connectivity index (χ4v) is 2.33. The number of likely N-dealkylation sites (tertiary alicyclic amines) is 1. The Morgan fingerprint density at radius 1 is 1.33 bits per heavy atom.